The molecule has 108 valence electrons. The number of anilines is 2. The number of nitrogens with one attached hydrogen (secondary N) is 1. The van der Waals surface area contributed by atoms with Gasteiger partial charge in [-0.15, -0.1) is 10.2 Å². The molecule has 5 nitrogen and oxygen atoms in total. The molecule has 2 aromatic carbocycles. The monoisotopic (exact) mass is 309 g/mol. The highest BCUT2D eigenvalue weighted by molar-refractivity contribution is 6.33. The van der Waals surface area contributed by atoms with E-state index in [1.807, 2.05) is 59.9 Å². The van der Waals surface area contributed by atoms with E-state index in [4.69, 9.17) is 11.6 Å². The fourth-order valence-corrected chi connectivity index (χ4v) is 2.66. The highest BCUT2D eigenvalue weighted by atomic mass is 35.5. The molecule has 0 amide bonds. The first-order valence-corrected chi connectivity index (χ1v) is 7.24. The van der Waals surface area contributed by atoms with Crippen molar-refractivity contribution in [1.82, 2.24) is 19.6 Å². The van der Waals surface area contributed by atoms with Crippen molar-refractivity contribution in [2.24, 2.45) is 0 Å². The number of hydrogen-bond donors (Lipinski definition) is 1. The fourth-order valence-electron chi connectivity index (χ4n) is 2.48. The third-order valence-electron chi connectivity index (χ3n) is 3.53. The highest BCUT2D eigenvalue weighted by Crippen LogP contribution is 2.27. The van der Waals surface area contributed by atoms with Crippen LogP contribution in [-0.4, -0.2) is 19.6 Å². The Bertz CT molecular complexity index is 992. The van der Waals surface area contributed by atoms with Gasteiger partial charge in [0.2, 0.25) is 5.95 Å². The second kappa shape index (κ2) is 4.96. The summed E-state index contributed by atoms with van der Waals surface area (Å²) in [6.07, 6.45) is 0. The summed E-state index contributed by atoms with van der Waals surface area (Å²) in [5.74, 6) is 1.41. The molecule has 0 unspecified atom stereocenters. The van der Waals surface area contributed by atoms with E-state index < -0.39 is 0 Å². The number of hydrogen-bond acceptors (Lipinski definition) is 4. The molecule has 2 aromatic heterocycles. The zero-order valence-electron chi connectivity index (χ0n) is 11.8. The minimum absolute atomic E-state index is 0.635. The van der Waals surface area contributed by atoms with Crippen LogP contribution in [0.5, 0.6) is 0 Å². The Morgan fingerprint density at radius 3 is 2.64 bits per heavy atom. The zero-order chi connectivity index (χ0) is 15.1. The van der Waals surface area contributed by atoms with Gasteiger partial charge in [0.15, 0.2) is 5.65 Å². The number of benzene rings is 2. The Morgan fingerprint density at radius 2 is 1.77 bits per heavy atom. The molecule has 6 heteroatoms. The quantitative estimate of drug-likeness (QED) is 0.608. The van der Waals surface area contributed by atoms with Gasteiger partial charge in [-0.25, -0.2) is 9.38 Å². The van der Waals surface area contributed by atoms with E-state index in [-0.39, 0.29) is 0 Å². The lowest BCUT2D eigenvalue weighted by Crippen LogP contribution is -2.04. The summed E-state index contributed by atoms with van der Waals surface area (Å²) in [6, 6.07) is 15.4. The maximum atomic E-state index is 6.23. The van der Waals surface area contributed by atoms with Crippen molar-refractivity contribution >= 4 is 39.8 Å². The number of rotatable bonds is 2. The Hall–Kier alpha value is -2.66. The molecule has 22 heavy (non-hydrogen) atoms. The summed E-state index contributed by atoms with van der Waals surface area (Å²) < 4.78 is 1.89. The summed E-state index contributed by atoms with van der Waals surface area (Å²) in [7, 11) is 0. The summed E-state index contributed by atoms with van der Waals surface area (Å²) in [5, 5.41) is 13.3. The normalized spacial score (nSPS) is 11.2. The first-order chi connectivity index (χ1) is 10.7. The molecule has 2 heterocycles. The molecule has 0 spiro atoms. The van der Waals surface area contributed by atoms with Crippen LogP contribution >= 0.6 is 11.6 Å². The van der Waals surface area contributed by atoms with Crippen LogP contribution in [0.2, 0.25) is 5.02 Å². The van der Waals surface area contributed by atoms with E-state index in [9.17, 15) is 0 Å². The molecule has 4 rings (SSSR count). The van der Waals surface area contributed by atoms with Gasteiger partial charge in [-0.3, -0.25) is 0 Å². The Labute approximate surface area is 131 Å². The van der Waals surface area contributed by atoms with Gasteiger partial charge in [-0.05, 0) is 31.2 Å². The van der Waals surface area contributed by atoms with Crippen molar-refractivity contribution in [2.75, 3.05) is 5.32 Å². The van der Waals surface area contributed by atoms with E-state index in [2.05, 4.69) is 20.5 Å². The summed E-state index contributed by atoms with van der Waals surface area (Å²) in [4.78, 5) is 4.69. The predicted octanol–water partition coefficient (Wildman–Crippen LogP) is 3.98. The van der Waals surface area contributed by atoms with Crippen molar-refractivity contribution < 1.29 is 0 Å². The molecule has 0 atom stereocenters. The first kappa shape index (κ1) is 13.0. The molecule has 0 radical (unpaired) electrons. The van der Waals surface area contributed by atoms with Gasteiger partial charge in [0.25, 0.3) is 0 Å². The van der Waals surface area contributed by atoms with Crippen LogP contribution < -0.4 is 5.32 Å². The Morgan fingerprint density at radius 1 is 1.00 bits per heavy atom. The number of aryl methyl sites for hydroxylation is 1. The van der Waals surface area contributed by atoms with E-state index in [1.165, 1.54) is 0 Å². The molecule has 0 saturated carbocycles. The van der Waals surface area contributed by atoms with E-state index >= 15 is 0 Å². The van der Waals surface area contributed by atoms with Gasteiger partial charge in [-0.1, -0.05) is 35.9 Å². The van der Waals surface area contributed by atoms with Crippen molar-refractivity contribution in [2.45, 2.75) is 6.92 Å². The molecular formula is C16H12ClN5. The maximum Gasteiger partial charge on any atom is 0.215 e. The van der Waals surface area contributed by atoms with E-state index in [0.29, 0.717) is 11.0 Å². The predicted molar refractivity (Wildman–Crippen MR) is 87.8 cm³/mol. The first-order valence-electron chi connectivity index (χ1n) is 6.86. The van der Waals surface area contributed by atoms with Gasteiger partial charge in [0.1, 0.15) is 5.82 Å². The third kappa shape index (κ3) is 1.98. The average molecular weight is 310 g/mol. The second-order valence-electron chi connectivity index (χ2n) is 4.96. The number of aromatic nitrogens is 4. The lowest BCUT2D eigenvalue weighted by Gasteiger charge is -2.11. The molecule has 1 N–H and O–H groups in total. The smallest absolute Gasteiger partial charge is 0.215 e. The SMILES string of the molecule is Cc1nnc2c3ccccc3nc(Nc3ccccc3Cl)n12. The van der Waals surface area contributed by atoms with Gasteiger partial charge < -0.3 is 5.32 Å². The minimum Gasteiger partial charge on any atom is -0.324 e. The molecule has 0 fully saturated rings. The van der Waals surface area contributed by atoms with Crippen molar-refractivity contribution in [3.05, 3.63) is 59.4 Å². The van der Waals surface area contributed by atoms with Crippen molar-refractivity contribution in [1.29, 1.82) is 0 Å². The van der Waals surface area contributed by atoms with E-state index in [0.717, 1.165) is 28.1 Å². The Balaban J connectivity index is 1.99. The summed E-state index contributed by atoms with van der Waals surface area (Å²) in [6.45, 7) is 1.90. The standard InChI is InChI=1S/C16H12ClN5/c1-10-20-21-15-11-6-2-4-8-13(11)18-16(22(10)15)19-14-9-5-3-7-12(14)17/h2-9H,1H3,(H,18,19). The summed E-state index contributed by atoms with van der Waals surface area (Å²) >= 11 is 6.23. The van der Waals surface area contributed by atoms with Crippen LogP contribution in [0.4, 0.5) is 11.6 Å². The Kier molecular flexibility index (Phi) is 2.94. The maximum absolute atomic E-state index is 6.23. The lowest BCUT2D eigenvalue weighted by molar-refractivity contribution is 0.995. The molecule has 0 aliphatic heterocycles. The number of nitrogens with zero attached hydrogens (tertiary/aromatic N) is 4. The highest BCUT2D eigenvalue weighted by Gasteiger charge is 2.13. The topological polar surface area (TPSA) is 55.1 Å². The fraction of sp³-hybridized carbons (Fsp3) is 0.0625. The molecule has 0 aliphatic carbocycles. The van der Waals surface area contributed by atoms with Gasteiger partial charge in [0.05, 0.1) is 16.2 Å². The van der Waals surface area contributed by atoms with Crippen LogP contribution in [0.15, 0.2) is 48.5 Å². The lowest BCUT2D eigenvalue weighted by atomic mass is 10.2. The minimum atomic E-state index is 0.635. The molecule has 4 aromatic rings. The van der Waals surface area contributed by atoms with Crippen LogP contribution in [0, 0.1) is 6.92 Å². The number of para-hydroxylation sites is 2. The van der Waals surface area contributed by atoms with Gasteiger partial charge in [-0.2, -0.15) is 0 Å². The third-order valence-corrected chi connectivity index (χ3v) is 3.86. The number of fused-ring (bicyclic) bond motifs is 3. The van der Waals surface area contributed by atoms with Gasteiger partial charge >= 0.3 is 0 Å². The average Bonchev–Trinajstić information content (AvgIpc) is 2.92. The van der Waals surface area contributed by atoms with Crippen molar-refractivity contribution in [3.8, 4) is 0 Å². The number of halogens is 1. The largest absolute Gasteiger partial charge is 0.324 e. The van der Waals surface area contributed by atoms with Crippen LogP contribution in [0.25, 0.3) is 16.6 Å². The molecule has 0 aliphatic rings. The molecule has 0 saturated heterocycles. The van der Waals surface area contributed by atoms with Crippen molar-refractivity contribution in [3.63, 3.8) is 0 Å². The second-order valence-corrected chi connectivity index (χ2v) is 5.37. The molecular weight excluding hydrogens is 298 g/mol. The summed E-state index contributed by atoms with van der Waals surface area (Å²) in [5.41, 5.74) is 2.43. The van der Waals surface area contributed by atoms with Crippen LogP contribution in [-0.2, 0) is 0 Å². The van der Waals surface area contributed by atoms with Crippen LogP contribution in [0.3, 0.4) is 0 Å². The molecule has 0 bridgehead atoms. The van der Waals surface area contributed by atoms with E-state index in [1.54, 1.807) is 0 Å². The van der Waals surface area contributed by atoms with Crippen LogP contribution in [0.1, 0.15) is 5.82 Å². The van der Waals surface area contributed by atoms with Gasteiger partial charge in [0, 0.05) is 5.39 Å². The zero-order valence-corrected chi connectivity index (χ0v) is 12.5.